The first-order valence-electron chi connectivity index (χ1n) is 3.52. The van der Waals surface area contributed by atoms with Gasteiger partial charge in [-0.2, -0.15) is 9.61 Å². The highest BCUT2D eigenvalue weighted by Gasteiger charge is 2.05. The van der Waals surface area contributed by atoms with E-state index in [1.54, 1.807) is 17.8 Å². The molecule has 0 aliphatic heterocycles. The molecule has 0 amide bonds. The third-order valence-corrected chi connectivity index (χ3v) is 1.66. The Kier molecular flexibility index (Phi) is 1.43. The molecule has 5 nitrogen and oxygen atoms in total. The third-order valence-electron chi connectivity index (χ3n) is 1.66. The summed E-state index contributed by atoms with van der Waals surface area (Å²) < 4.78 is 6.65. The number of aryl methyl sites for hydroxylation is 1. The average Bonchev–Trinajstić information content (AvgIpc) is 2.49. The van der Waals surface area contributed by atoms with Crippen molar-refractivity contribution < 1.29 is 4.74 Å². The van der Waals surface area contributed by atoms with Gasteiger partial charge in [-0.15, -0.1) is 0 Å². The smallest absolute Gasteiger partial charge is 0.235 e. The van der Waals surface area contributed by atoms with Crippen molar-refractivity contribution in [3.8, 4) is 5.88 Å². The molecule has 0 aromatic carbocycles. The molecule has 62 valence electrons. The highest BCUT2D eigenvalue weighted by molar-refractivity contribution is 5.44. The molecule has 0 atom stereocenters. The first-order chi connectivity index (χ1) is 5.83. The van der Waals surface area contributed by atoms with Gasteiger partial charge in [-0.05, 0) is 6.92 Å². The SMILES string of the molecule is COc1cnc2c(C)ncnn12. The summed E-state index contributed by atoms with van der Waals surface area (Å²) in [6.07, 6.45) is 3.10. The zero-order chi connectivity index (χ0) is 8.55. The summed E-state index contributed by atoms with van der Waals surface area (Å²) in [5.41, 5.74) is 1.57. The Morgan fingerprint density at radius 3 is 3.00 bits per heavy atom. The van der Waals surface area contributed by atoms with Crippen LogP contribution in [0.1, 0.15) is 5.69 Å². The van der Waals surface area contributed by atoms with Gasteiger partial charge in [0.2, 0.25) is 5.88 Å². The molecule has 0 aliphatic carbocycles. The monoisotopic (exact) mass is 164 g/mol. The van der Waals surface area contributed by atoms with Gasteiger partial charge in [-0.1, -0.05) is 0 Å². The zero-order valence-corrected chi connectivity index (χ0v) is 6.85. The van der Waals surface area contributed by atoms with Gasteiger partial charge in [0, 0.05) is 0 Å². The van der Waals surface area contributed by atoms with Crippen LogP contribution in [0.2, 0.25) is 0 Å². The van der Waals surface area contributed by atoms with Gasteiger partial charge >= 0.3 is 0 Å². The number of hydrogen-bond donors (Lipinski definition) is 0. The Morgan fingerprint density at radius 2 is 2.25 bits per heavy atom. The molecular weight excluding hydrogens is 156 g/mol. The van der Waals surface area contributed by atoms with Gasteiger partial charge in [-0.3, -0.25) is 0 Å². The minimum atomic E-state index is 0.621. The van der Waals surface area contributed by atoms with Crippen LogP contribution >= 0.6 is 0 Å². The Balaban J connectivity index is 2.80. The second-order valence-electron chi connectivity index (χ2n) is 2.38. The predicted molar refractivity (Wildman–Crippen MR) is 42.1 cm³/mol. The second kappa shape index (κ2) is 2.44. The van der Waals surface area contributed by atoms with Crippen LogP contribution in [0.3, 0.4) is 0 Å². The second-order valence-corrected chi connectivity index (χ2v) is 2.38. The van der Waals surface area contributed by atoms with Crippen LogP contribution in [0.4, 0.5) is 0 Å². The molecule has 0 aliphatic rings. The summed E-state index contributed by atoms with van der Waals surface area (Å²) in [5, 5.41) is 3.99. The fourth-order valence-corrected chi connectivity index (χ4v) is 1.05. The van der Waals surface area contributed by atoms with Gasteiger partial charge < -0.3 is 4.74 Å². The van der Waals surface area contributed by atoms with Crippen molar-refractivity contribution in [2.45, 2.75) is 6.92 Å². The number of methoxy groups -OCH3 is 1. The highest BCUT2D eigenvalue weighted by Crippen LogP contribution is 2.12. The summed E-state index contributed by atoms with van der Waals surface area (Å²) in [6.45, 7) is 1.88. The largest absolute Gasteiger partial charge is 0.480 e. The van der Waals surface area contributed by atoms with E-state index in [1.807, 2.05) is 6.92 Å². The average molecular weight is 164 g/mol. The maximum Gasteiger partial charge on any atom is 0.235 e. The number of imidazole rings is 1. The van der Waals surface area contributed by atoms with Crippen LogP contribution in [0, 0.1) is 6.92 Å². The van der Waals surface area contributed by atoms with Crippen LogP contribution in [-0.4, -0.2) is 26.7 Å². The van der Waals surface area contributed by atoms with E-state index in [4.69, 9.17) is 4.74 Å². The summed E-state index contributed by atoms with van der Waals surface area (Å²) in [4.78, 5) is 8.11. The Morgan fingerprint density at radius 1 is 1.42 bits per heavy atom. The first kappa shape index (κ1) is 7.02. The van der Waals surface area contributed by atoms with Gasteiger partial charge in [-0.25, -0.2) is 9.97 Å². The van der Waals surface area contributed by atoms with E-state index in [2.05, 4.69) is 15.1 Å². The van der Waals surface area contributed by atoms with E-state index in [0.717, 1.165) is 11.3 Å². The maximum atomic E-state index is 5.03. The number of nitrogens with zero attached hydrogens (tertiary/aromatic N) is 4. The van der Waals surface area contributed by atoms with Crippen LogP contribution < -0.4 is 4.74 Å². The lowest BCUT2D eigenvalue weighted by Crippen LogP contribution is -1.97. The predicted octanol–water partition coefficient (Wildman–Crippen LogP) is 0.441. The molecule has 5 heteroatoms. The maximum absolute atomic E-state index is 5.03. The molecule has 2 heterocycles. The molecule has 2 rings (SSSR count). The standard InChI is InChI=1S/C7H8N4O/c1-5-7-8-3-6(12-2)11(7)10-4-9-5/h3-4H,1-2H3. The highest BCUT2D eigenvalue weighted by atomic mass is 16.5. The molecule has 0 saturated heterocycles. The van der Waals surface area contributed by atoms with Crippen molar-refractivity contribution in [3.63, 3.8) is 0 Å². The molecular formula is C7H8N4O. The molecule has 12 heavy (non-hydrogen) atoms. The van der Waals surface area contributed by atoms with Crippen molar-refractivity contribution >= 4 is 5.65 Å². The van der Waals surface area contributed by atoms with Gasteiger partial charge in [0.1, 0.15) is 6.33 Å². The Bertz CT molecular complexity index is 409. The van der Waals surface area contributed by atoms with Crippen molar-refractivity contribution in [2.24, 2.45) is 0 Å². The fraction of sp³-hybridized carbons (Fsp3) is 0.286. The molecule has 2 aromatic heterocycles. The number of aromatic nitrogens is 4. The number of fused-ring (bicyclic) bond motifs is 1. The Hall–Kier alpha value is -1.65. The van der Waals surface area contributed by atoms with Crippen LogP contribution in [-0.2, 0) is 0 Å². The van der Waals surface area contributed by atoms with Gasteiger partial charge in [0.25, 0.3) is 0 Å². The quantitative estimate of drug-likeness (QED) is 0.613. The van der Waals surface area contributed by atoms with E-state index < -0.39 is 0 Å². The first-order valence-corrected chi connectivity index (χ1v) is 3.52. The molecule has 2 aromatic rings. The summed E-state index contributed by atoms with van der Waals surface area (Å²) in [7, 11) is 1.58. The number of hydrogen-bond acceptors (Lipinski definition) is 4. The van der Waals surface area contributed by atoms with Crippen LogP contribution in [0.15, 0.2) is 12.5 Å². The van der Waals surface area contributed by atoms with E-state index >= 15 is 0 Å². The Labute approximate surface area is 69.0 Å². The molecule has 0 fully saturated rings. The molecule has 0 N–H and O–H groups in total. The van der Waals surface area contributed by atoms with E-state index in [-0.39, 0.29) is 0 Å². The lowest BCUT2D eigenvalue weighted by atomic mass is 10.5. The molecule has 0 bridgehead atoms. The normalized spacial score (nSPS) is 10.5. The van der Waals surface area contributed by atoms with Crippen molar-refractivity contribution in [1.29, 1.82) is 0 Å². The summed E-state index contributed by atoms with van der Waals surface area (Å²) in [5.74, 6) is 0.621. The summed E-state index contributed by atoms with van der Waals surface area (Å²) >= 11 is 0. The zero-order valence-electron chi connectivity index (χ0n) is 6.85. The minimum absolute atomic E-state index is 0.621. The lowest BCUT2D eigenvalue weighted by molar-refractivity contribution is 0.386. The molecule has 0 radical (unpaired) electrons. The van der Waals surface area contributed by atoms with E-state index in [1.165, 1.54) is 6.33 Å². The molecule has 0 saturated carbocycles. The summed E-state index contributed by atoms with van der Waals surface area (Å²) in [6, 6.07) is 0. The van der Waals surface area contributed by atoms with E-state index in [9.17, 15) is 0 Å². The molecule has 0 unspecified atom stereocenters. The van der Waals surface area contributed by atoms with Gasteiger partial charge in [0.15, 0.2) is 5.65 Å². The van der Waals surface area contributed by atoms with Crippen LogP contribution in [0.25, 0.3) is 5.65 Å². The number of rotatable bonds is 1. The van der Waals surface area contributed by atoms with Crippen molar-refractivity contribution in [3.05, 3.63) is 18.2 Å². The van der Waals surface area contributed by atoms with Crippen molar-refractivity contribution in [2.75, 3.05) is 7.11 Å². The van der Waals surface area contributed by atoms with Gasteiger partial charge in [0.05, 0.1) is 19.0 Å². The van der Waals surface area contributed by atoms with Crippen molar-refractivity contribution in [1.82, 2.24) is 19.6 Å². The fourth-order valence-electron chi connectivity index (χ4n) is 1.05. The number of ether oxygens (including phenoxy) is 1. The topological polar surface area (TPSA) is 52.3 Å². The molecule has 0 spiro atoms. The van der Waals surface area contributed by atoms with Crippen LogP contribution in [0.5, 0.6) is 5.88 Å². The third kappa shape index (κ3) is 0.827. The lowest BCUT2D eigenvalue weighted by Gasteiger charge is -1.97. The minimum Gasteiger partial charge on any atom is -0.480 e. The van der Waals surface area contributed by atoms with E-state index in [0.29, 0.717) is 5.88 Å².